The van der Waals surface area contributed by atoms with E-state index in [1.54, 1.807) is 0 Å². The first-order valence-corrected chi connectivity index (χ1v) is 4.40. The van der Waals surface area contributed by atoms with Gasteiger partial charge in [-0.3, -0.25) is 0 Å². The van der Waals surface area contributed by atoms with E-state index in [1.165, 1.54) is 0 Å². The Balaban J connectivity index is 4.06. The lowest BCUT2D eigenvalue weighted by atomic mass is 9.81. The van der Waals surface area contributed by atoms with Crippen molar-refractivity contribution in [3.8, 4) is 12.3 Å². The highest BCUT2D eigenvalue weighted by molar-refractivity contribution is 4.94. The van der Waals surface area contributed by atoms with Gasteiger partial charge in [0.15, 0.2) is 0 Å². The average molecular weight is 170 g/mol. The smallest absolute Gasteiger partial charge is 0.0518 e. The first-order chi connectivity index (χ1) is 5.74. The Morgan fingerprint density at radius 3 is 2.25 bits per heavy atom. The topological polar surface area (TPSA) is 40.5 Å². The third-order valence-corrected chi connectivity index (χ3v) is 2.21. The van der Waals surface area contributed by atoms with E-state index in [9.17, 15) is 0 Å². The Bertz CT molecular complexity index is 142. The molecular weight excluding hydrogens is 152 g/mol. The zero-order valence-corrected chi connectivity index (χ0v) is 7.71. The van der Waals surface area contributed by atoms with Crippen molar-refractivity contribution in [3.05, 3.63) is 0 Å². The van der Waals surface area contributed by atoms with Gasteiger partial charge in [0.2, 0.25) is 0 Å². The molecule has 0 amide bonds. The van der Waals surface area contributed by atoms with Crippen molar-refractivity contribution in [2.24, 2.45) is 5.41 Å². The van der Waals surface area contributed by atoms with Crippen molar-refractivity contribution in [1.29, 1.82) is 0 Å². The number of aliphatic hydroxyl groups is 2. The average Bonchev–Trinajstić information content (AvgIpc) is 2.13. The maximum absolute atomic E-state index is 9.08. The zero-order valence-electron chi connectivity index (χ0n) is 7.71. The SMILES string of the molecule is C#CCC(CO)(CO)CCCC. The second-order valence-corrected chi connectivity index (χ2v) is 3.30. The Morgan fingerprint density at radius 2 is 1.92 bits per heavy atom. The molecule has 0 aliphatic rings. The second-order valence-electron chi connectivity index (χ2n) is 3.30. The minimum atomic E-state index is -0.440. The summed E-state index contributed by atoms with van der Waals surface area (Å²) in [5.74, 6) is 2.50. The molecule has 0 atom stereocenters. The summed E-state index contributed by atoms with van der Waals surface area (Å²) in [6.45, 7) is 2.04. The highest BCUT2D eigenvalue weighted by Gasteiger charge is 2.26. The van der Waals surface area contributed by atoms with Crippen LogP contribution in [0.15, 0.2) is 0 Å². The Kier molecular flexibility index (Phi) is 5.79. The fourth-order valence-electron chi connectivity index (χ4n) is 1.18. The molecule has 0 spiro atoms. The predicted molar refractivity (Wildman–Crippen MR) is 49.6 cm³/mol. The molecule has 0 saturated heterocycles. The van der Waals surface area contributed by atoms with Gasteiger partial charge in [0, 0.05) is 11.8 Å². The molecular formula is C10H18O2. The lowest BCUT2D eigenvalue weighted by molar-refractivity contribution is 0.0494. The van der Waals surface area contributed by atoms with Crippen LogP contribution in [0.1, 0.15) is 32.6 Å². The normalized spacial score (nSPS) is 11.2. The van der Waals surface area contributed by atoms with Gasteiger partial charge in [-0.2, -0.15) is 0 Å². The van der Waals surface area contributed by atoms with Crippen LogP contribution in [-0.4, -0.2) is 23.4 Å². The molecule has 2 N–H and O–H groups in total. The first-order valence-electron chi connectivity index (χ1n) is 4.40. The fourth-order valence-corrected chi connectivity index (χ4v) is 1.18. The van der Waals surface area contributed by atoms with Crippen molar-refractivity contribution in [2.45, 2.75) is 32.6 Å². The summed E-state index contributed by atoms with van der Waals surface area (Å²) in [5, 5.41) is 18.2. The largest absolute Gasteiger partial charge is 0.396 e. The van der Waals surface area contributed by atoms with Gasteiger partial charge < -0.3 is 10.2 Å². The number of rotatable bonds is 6. The van der Waals surface area contributed by atoms with Gasteiger partial charge in [0.25, 0.3) is 0 Å². The van der Waals surface area contributed by atoms with Gasteiger partial charge in [0.1, 0.15) is 0 Å². The molecule has 0 heterocycles. The molecule has 0 aromatic heterocycles. The summed E-state index contributed by atoms with van der Waals surface area (Å²) in [7, 11) is 0. The molecule has 12 heavy (non-hydrogen) atoms. The third-order valence-electron chi connectivity index (χ3n) is 2.21. The first kappa shape index (κ1) is 11.5. The molecule has 2 heteroatoms. The maximum atomic E-state index is 9.08. The van der Waals surface area contributed by atoms with Crippen molar-refractivity contribution >= 4 is 0 Å². The van der Waals surface area contributed by atoms with Crippen LogP contribution >= 0.6 is 0 Å². The van der Waals surface area contributed by atoms with Crippen LogP contribution in [0.4, 0.5) is 0 Å². The molecule has 0 saturated carbocycles. The van der Waals surface area contributed by atoms with Gasteiger partial charge >= 0.3 is 0 Å². The number of hydrogen-bond donors (Lipinski definition) is 2. The summed E-state index contributed by atoms with van der Waals surface area (Å²) in [5.41, 5.74) is -0.440. The minimum absolute atomic E-state index is 0.0201. The van der Waals surface area contributed by atoms with Crippen LogP contribution < -0.4 is 0 Å². The molecule has 0 radical (unpaired) electrons. The van der Waals surface area contributed by atoms with Crippen LogP contribution in [0, 0.1) is 17.8 Å². The van der Waals surface area contributed by atoms with Crippen molar-refractivity contribution in [1.82, 2.24) is 0 Å². The minimum Gasteiger partial charge on any atom is -0.396 e. The van der Waals surface area contributed by atoms with Gasteiger partial charge in [0.05, 0.1) is 13.2 Å². The van der Waals surface area contributed by atoms with Crippen LogP contribution in [0.3, 0.4) is 0 Å². The number of hydrogen-bond acceptors (Lipinski definition) is 2. The van der Waals surface area contributed by atoms with Crippen molar-refractivity contribution in [3.63, 3.8) is 0 Å². The molecule has 0 rings (SSSR count). The lowest BCUT2D eigenvalue weighted by Gasteiger charge is -2.27. The highest BCUT2D eigenvalue weighted by Crippen LogP contribution is 2.27. The maximum Gasteiger partial charge on any atom is 0.0518 e. The number of aliphatic hydroxyl groups excluding tert-OH is 2. The third kappa shape index (κ3) is 3.25. The van der Waals surface area contributed by atoms with E-state index in [4.69, 9.17) is 16.6 Å². The molecule has 0 fully saturated rings. The van der Waals surface area contributed by atoms with Crippen molar-refractivity contribution in [2.75, 3.05) is 13.2 Å². The Labute approximate surface area is 74.6 Å². The second kappa shape index (κ2) is 6.05. The molecule has 0 aliphatic carbocycles. The lowest BCUT2D eigenvalue weighted by Crippen LogP contribution is -2.29. The van der Waals surface area contributed by atoms with Crippen LogP contribution in [0.2, 0.25) is 0 Å². The fraction of sp³-hybridized carbons (Fsp3) is 0.800. The van der Waals surface area contributed by atoms with Gasteiger partial charge in [-0.25, -0.2) is 0 Å². The Hall–Kier alpha value is -0.520. The summed E-state index contributed by atoms with van der Waals surface area (Å²) in [4.78, 5) is 0. The monoisotopic (exact) mass is 170 g/mol. The van der Waals surface area contributed by atoms with E-state index in [-0.39, 0.29) is 13.2 Å². The van der Waals surface area contributed by atoms with Gasteiger partial charge in [-0.05, 0) is 6.42 Å². The molecule has 2 nitrogen and oxygen atoms in total. The zero-order chi connectivity index (χ0) is 9.45. The van der Waals surface area contributed by atoms with Crippen LogP contribution in [-0.2, 0) is 0 Å². The molecule has 0 aromatic carbocycles. The summed E-state index contributed by atoms with van der Waals surface area (Å²) in [6.07, 6.45) is 8.49. The van der Waals surface area contributed by atoms with E-state index in [0.29, 0.717) is 6.42 Å². The van der Waals surface area contributed by atoms with Gasteiger partial charge in [-0.15, -0.1) is 12.3 Å². The van der Waals surface area contributed by atoms with E-state index in [2.05, 4.69) is 12.8 Å². The van der Waals surface area contributed by atoms with E-state index in [1.807, 2.05) is 0 Å². The molecule has 0 aromatic rings. The Morgan fingerprint density at radius 1 is 1.33 bits per heavy atom. The molecule has 0 bridgehead atoms. The quantitative estimate of drug-likeness (QED) is 0.587. The van der Waals surface area contributed by atoms with E-state index < -0.39 is 5.41 Å². The summed E-state index contributed by atoms with van der Waals surface area (Å²) < 4.78 is 0. The van der Waals surface area contributed by atoms with E-state index >= 15 is 0 Å². The number of unbranched alkanes of at least 4 members (excludes halogenated alkanes) is 1. The van der Waals surface area contributed by atoms with E-state index in [0.717, 1.165) is 19.3 Å². The summed E-state index contributed by atoms with van der Waals surface area (Å²) in [6, 6.07) is 0. The molecule has 0 aliphatic heterocycles. The molecule has 0 unspecified atom stereocenters. The van der Waals surface area contributed by atoms with Gasteiger partial charge in [-0.1, -0.05) is 19.8 Å². The number of terminal acetylenes is 1. The highest BCUT2D eigenvalue weighted by atomic mass is 16.3. The van der Waals surface area contributed by atoms with Crippen LogP contribution in [0.5, 0.6) is 0 Å². The standard InChI is InChI=1S/C10H18O2/c1-3-5-7-10(8-11,9-12)6-4-2/h2,11-12H,3,5-9H2,1H3. The van der Waals surface area contributed by atoms with Crippen LogP contribution in [0.25, 0.3) is 0 Å². The summed E-state index contributed by atoms with van der Waals surface area (Å²) >= 11 is 0. The predicted octanol–water partition coefficient (Wildman–Crippen LogP) is 1.17. The van der Waals surface area contributed by atoms with Crippen molar-refractivity contribution < 1.29 is 10.2 Å². The molecule has 70 valence electrons.